The second-order valence-electron chi connectivity index (χ2n) is 5.99. The summed E-state index contributed by atoms with van der Waals surface area (Å²) in [5.74, 6) is 1.63. The van der Waals surface area contributed by atoms with Crippen molar-refractivity contribution in [2.24, 2.45) is 0 Å². The van der Waals surface area contributed by atoms with Gasteiger partial charge in [0, 0.05) is 17.9 Å². The zero-order valence-corrected chi connectivity index (χ0v) is 11.4. The molecular formula is C17H18N2O. The summed E-state index contributed by atoms with van der Waals surface area (Å²) in [5, 5.41) is 0. The number of H-pyrrole nitrogens is 1. The van der Waals surface area contributed by atoms with E-state index in [2.05, 4.69) is 29.2 Å². The Morgan fingerprint density at radius 1 is 1.15 bits per heavy atom. The van der Waals surface area contributed by atoms with Gasteiger partial charge < -0.3 is 4.98 Å². The molecule has 1 aromatic heterocycles. The second-order valence-corrected chi connectivity index (χ2v) is 5.99. The van der Waals surface area contributed by atoms with Crippen LogP contribution in [0.1, 0.15) is 60.2 Å². The molecule has 0 amide bonds. The fraction of sp³-hybridized carbons (Fsp3) is 0.412. The number of aromatic amines is 1. The summed E-state index contributed by atoms with van der Waals surface area (Å²) < 4.78 is 0. The minimum atomic E-state index is 0.00119. The number of rotatable bonds is 2. The monoisotopic (exact) mass is 266 g/mol. The van der Waals surface area contributed by atoms with Gasteiger partial charge in [-0.05, 0) is 30.4 Å². The van der Waals surface area contributed by atoms with Crippen molar-refractivity contribution in [1.29, 1.82) is 0 Å². The van der Waals surface area contributed by atoms with Gasteiger partial charge in [-0.3, -0.25) is 4.79 Å². The summed E-state index contributed by atoms with van der Waals surface area (Å²) in [5.41, 5.74) is 3.71. The van der Waals surface area contributed by atoms with Gasteiger partial charge in [0.05, 0.1) is 5.69 Å². The minimum Gasteiger partial charge on any atom is -0.310 e. The molecule has 1 N–H and O–H groups in total. The Balaban J connectivity index is 1.71. The van der Waals surface area contributed by atoms with E-state index in [0.717, 1.165) is 17.9 Å². The van der Waals surface area contributed by atoms with Crippen LogP contribution in [-0.4, -0.2) is 9.97 Å². The van der Waals surface area contributed by atoms with Crippen molar-refractivity contribution in [1.82, 2.24) is 9.97 Å². The van der Waals surface area contributed by atoms with Crippen molar-refractivity contribution in [2.75, 3.05) is 0 Å². The van der Waals surface area contributed by atoms with E-state index in [1.54, 1.807) is 6.07 Å². The Kier molecular flexibility index (Phi) is 2.72. The van der Waals surface area contributed by atoms with Crippen LogP contribution >= 0.6 is 0 Å². The Morgan fingerprint density at radius 3 is 2.75 bits per heavy atom. The third-order valence-corrected chi connectivity index (χ3v) is 4.74. The molecule has 0 saturated heterocycles. The number of benzene rings is 1. The van der Waals surface area contributed by atoms with Gasteiger partial charge in [0.15, 0.2) is 0 Å². The van der Waals surface area contributed by atoms with Gasteiger partial charge in [0.1, 0.15) is 5.82 Å². The van der Waals surface area contributed by atoms with Crippen LogP contribution in [0.15, 0.2) is 35.1 Å². The molecule has 2 aliphatic rings. The third kappa shape index (κ3) is 1.89. The van der Waals surface area contributed by atoms with Crippen LogP contribution in [-0.2, 0) is 6.42 Å². The average molecular weight is 266 g/mol. The first-order valence-electron chi connectivity index (χ1n) is 7.50. The summed E-state index contributed by atoms with van der Waals surface area (Å²) >= 11 is 0. The van der Waals surface area contributed by atoms with Crippen molar-refractivity contribution < 1.29 is 0 Å². The number of hydrogen-bond acceptors (Lipinski definition) is 2. The van der Waals surface area contributed by atoms with Crippen LogP contribution < -0.4 is 5.56 Å². The van der Waals surface area contributed by atoms with Crippen LogP contribution in [0, 0.1) is 0 Å². The van der Waals surface area contributed by atoms with Crippen LogP contribution in [0.5, 0.6) is 0 Å². The van der Waals surface area contributed by atoms with E-state index in [1.807, 2.05) is 0 Å². The highest BCUT2D eigenvalue weighted by Crippen LogP contribution is 2.39. The molecule has 1 atom stereocenters. The lowest BCUT2D eigenvalue weighted by Crippen LogP contribution is -2.24. The van der Waals surface area contributed by atoms with Gasteiger partial charge >= 0.3 is 0 Å². The normalized spacial score (nSPS) is 21.5. The topological polar surface area (TPSA) is 45.8 Å². The third-order valence-electron chi connectivity index (χ3n) is 4.74. The van der Waals surface area contributed by atoms with Crippen molar-refractivity contribution in [2.45, 2.75) is 43.9 Å². The molecule has 1 saturated carbocycles. The Morgan fingerprint density at radius 2 is 1.95 bits per heavy atom. The summed E-state index contributed by atoms with van der Waals surface area (Å²) in [6.45, 7) is 0. The standard InChI is InChI=1S/C17H18N2O/c20-16-10-15(11-5-1-2-6-11)18-17(19-16)14-9-12-7-3-4-8-13(12)14/h3-4,7-8,10-11,14H,1-2,5-6,9H2,(H,18,19,20). The second kappa shape index (κ2) is 4.58. The molecule has 1 unspecified atom stereocenters. The van der Waals surface area contributed by atoms with Crippen molar-refractivity contribution in [3.63, 3.8) is 0 Å². The number of fused-ring (bicyclic) bond motifs is 1. The van der Waals surface area contributed by atoms with Gasteiger partial charge in [-0.2, -0.15) is 0 Å². The smallest absolute Gasteiger partial charge is 0.251 e. The highest BCUT2D eigenvalue weighted by molar-refractivity contribution is 5.44. The zero-order chi connectivity index (χ0) is 13.5. The van der Waals surface area contributed by atoms with Crippen LogP contribution in [0.2, 0.25) is 0 Å². The molecule has 2 aliphatic carbocycles. The summed E-state index contributed by atoms with van der Waals surface area (Å²) in [6.07, 6.45) is 5.88. The lowest BCUT2D eigenvalue weighted by molar-refractivity contribution is 0.626. The summed E-state index contributed by atoms with van der Waals surface area (Å²) in [7, 11) is 0. The maximum Gasteiger partial charge on any atom is 0.251 e. The van der Waals surface area contributed by atoms with Crippen molar-refractivity contribution >= 4 is 0 Å². The molecule has 20 heavy (non-hydrogen) atoms. The maximum atomic E-state index is 11.9. The average Bonchev–Trinajstić information content (AvgIpc) is 2.93. The summed E-state index contributed by atoms with van der Waals surface area (Å²) in [4.78, 5) is 19.7. The highest BCUT2D eigenvalue weighted by atomic mass is 16.1. The largest absolute Gasteiger partial charge is 0.310 e. The molecule has 0 bridgehead atoms. The van der Waals surface area contributed by atoms with Crippen molar-refractivity contribution in [3.05, 3.63) is 63.3 Å². The van der Waals surface area contributed by atoms with Gasteiger partial charge in [0.25, 0.3) is 5.56 Å². The van der Waals surface area contributed by atoms with Gasteiger partial charge in [0.2, 0.25) is 0 Å². The fourth-order valence-electron chi connectivity index (χ4n) is 3.59. The molecule has 0 spiro atoms. The Hall–Kier alpha value is -1.90. The first-order valence-corrected chi connectivity index (χ1v) is 7.50. The van der Waals surface area contributed by atoms with E-state index < -0.39 is 0 Å². The van der Waals surface area contributed by atoms with Gasteiger partial charge in [-0.15, -0.1) is 0 Å². The number of hydrogen-bond donors (Lipinski definition) is 1. The van der Waals surface area contributed by atoms with E-state index in [1.165, 1.54) is 36.8 Å². The number of aromatic nitrogens is 2. The number of nitrogens with one attached hydrogen (secondary N) is 1. The Labute approximate surface area is 118 Å². The maximum absolute atomic E-state index is 11.9. The van der Waals surface area contributed by atoms with Gasteiger partial charge in [-0.25, -0.2) is 4.98 Å². The molecule has 4 rings (SSSR count). The molecule has 0 radical (unpaired) electrons. The molecular weight excluding hydrogens is 248 g/mol. The minimum absolute atomic E-state index is 0.00119. The van der Waals surface area contributed by atoms with Crippen LogP contribution in [0.3, 0.4) is 0 Å². The van der Waals surface area contributed by atoms with E-state index in [4.69, 9.17) is 4.98 Å². The first-order chi connectivity index (χ1) is 9.81. The SMILES string of the molecule is O=c1cc(C2CCCC2)nc(C2Cc3ccccc32)[nH]1. The zero-order valence-electron chi connectivity index (χ0n) is 11.4. The van der Waals surface area contributed by atoms with Gasteiger partial charge in [-0.1, -0.05) is 37.1 Å². The molecule has 1 fully saturated rings. The van der Waals surface area contributed by atoms with E-state index in [9.17, 15) is 4.79 Å². The predicted molar refractivity (Wildman–Crippen MR) is 78.1 cm³/mol. The lowest BCUT2D eigenvalue weighted by Gasteiger charge is -2.29. The quantitative estimate of drug-likeness (QED) is 0.907. The predicted octanol–water partition coefficient (Wildman–Crippen LogP) is 3.12. The first kappa shape index (κ1) is 11.9. The molecule has 102 valence electrons. The van der Waals surface area contributed by atoms with E-state index in [-0.39, 0.29) is 11.5 Å². The van der Waals surface area contributed by atoms with Crippen LogP contribution in [0.4, 0.5) is 0 Å². The van der Waals surface area contributed by atoms with Crippen LogP contribution in [0.25, 0.3) is 0 Å². The molecule has 3 heteroatoms. The Bertz CT molecular complexity index is 698. The summed E-state index contributed by atoms with van der Waals surface area (Å²) in [6, 6.07) is 10.1. The molecule has 3 nitrogen and oxygen atoms in total. The molecule has 2 aromatic rings. The molecule has 0 aliphatic heterocycles. The fourth-order valence-corrected chi connectivity index (χ4v) is 3.59. The highest BCUT2D eigenvalue weighted by Gasteiger charge is 2.30. The molecule has 1 heterocycles. The number of nitrogens with zero attached hydrogens (tertiary/aromatic N) is 1. The lowest BCUT2D eigenvalue weighted by atomic mass is 9.77. The van der Waals surface area contributed by atoms with E-state index >= 15 is 0 Å². The molecule has 1 aromatic carbocycles. The van der Waals surface area contributed by atoms with E-state index in [0.29, 0.717) is 5.92 Å². The van der Waals surface area contributed by atoms with Crippen molar-refractivity contribution in [3.8, 4) is 0 Å².